The van der Waals surface area contributed by atoms with Crippen LogP contribution < -0.4 is 10.1 Å². The number of likely N-dealkylation sites (N-methyl/N-ethyl adjacent to an activating group) is 1. The molecule has 0 atom stereocenters. The Morgan fingerprint density at radius 2 is 2.03 bits per heavy atom. The highest BCUT2D eigenvalue weighted by Gasteiger charge is 2.17. The van der Waals surface area contributed by atoms with Crippen LogP contribution in [0.1, 0.15) is 20.0 Å². The van der Waals surface area contributed by atoms with Crippen LogP contribution in [0.5, 0.6) is 11.5 Å². The molecule has 0 unspecified atom stereocenters. The number of aliphatic hydroxyl groups excluding tert-OH is 1. The van der Waals surface area contributed by atoms with Crippen LogP contribution in [0.2, 0.25) is 0 Å². The number of carbonyl (C=O) groups excluding carboxylic acids is 2. The van der Waals surface area contributed by atoms with E-state index in [0.29, 0.717) is 27.5 Å². The standard InChI is InChI=1S/C23H21N3O4S/c1-24-22(28)17-5-3-4-14-12-15(6-7-16(14)17)30-19-8-9-25-18-13-20(31-21(18)19)23(29)26(2)10-11-27/h3-9,12-13,27H,10-11H2,1-2H3,(H,24,28). The van der Waals surface area contributed by atoms with Crippen molar-refractivity contribution in [3.8, 4) is 11.5 Å². The molecule has 0 saturated carbocycles. The summed E-state index contributed by atoms with van der Waals surface area (Å²) >= 11 is 1.31. The highest BCUT2D eigenvalue weighted by atomic mass is 32.1. The summed E-state index contributed by atoms with van der Waals surface area (Å²) < 4.78 is 6.90. The van der Waals surface area contributed by atoms with Gasteiger partial charge in [-0.2, -0.15) is 0 Å². The van der Waals surface area contributed by atoms with E-state index in [1.165, 1.54) is 16.2 Å². The van der Waals surface area contributed by atoms with Crippen LogP contribution in [-0.2, 0) is 0 Å². The fourth-order valence-electron chi connectivity index (χ4n) is 3.33. The molecule has 2 amide bonds. The average Bonchev–Trinajstić information content (AvgIpc) is 3.23. The normalized spacial score (nSPS) is 10.9. The fourth-order valence-corrected chi connectivity index (χ4v) is 4.39. The maximum atomic E-state index is 12.6. The van der Waals surface area contributed by atoms with Crippen LogP contribution in [0.25, 0.3) is 21.0 Å². The van der Waals surface area contributed by atoms with Gasteiger partial charge >= 0.3 is 0 Å². The number of benzene rings is 2. The lowest BCUT2D eigenvalue weighted by atomic mass is 10.0. The zero-order valence-electron chi connectivity index (χ0n) is 17.1. The topological polar surface area (TPSA) is 91.8 Å². The van der Waals surface area contributed by atoms with Gasteiger partial charge in [-0.15, -0.1) is 11.3 Å². The number of pyridine rings is 1. The molecule has 4 rings (SSSR count). The number of amides is 2. The van der Waals surface area contributed by atoms with E-state index in [1.807, 2.05) is 30.3 Å². The summed E-state index contributed by atoms with van der Waals surface area (Å²) in [5, 5.41) is 13.5. The first-order valence-electron chi connectivity index (χ1n) is 9.69. The van der Waals surface area contributed by atoms with Gasteiger partial charge in [0.15, 0.2) is 0 Å². The van der Waals surface area contributed by atoms with Gasteiger partial charge in [0.25, 0.3) is 11.8 Å². The molecular weight excluding hydrogens is 414 g/mol. The van der Waals surface area contributed by atoms with Gasteiger partial charge in [0.2, 0.25) is 0 Å². The highest BCUT2D eigenvalue weighted by molar-refractivity contribution is 7.21. The average molecular weight is 436 g/mol. The summed E-state index contributed by atoms with van der Waals surface area (Å²) in [6, 6.07) is 14.6. The second-order valence-electron chi connectivity index (χ2n) is 6.95. The van der Waals surface area contributed by atoms with Gasteiger partial charge in [0.05, 0.1) is 21.7 Å². The molecule has 7 nitrogen and oxygen atoms in total. The van der Waals surface area contributed by atoms with Crippen LogP contribution >= 0.6 is 11.3 Å². The van der Waals surface area contributed by atoms with Crippen molar-refractivity contribution in [3.63, 3.8) is 0 Å². The van der Waals surface area contributed by atoms with E-state index in [0.717, 1.165) is 15.5 Å². The van der Waals surface area contributed by atoms with Gasteiger partial charge < -0.3 is 20.1 Å². The molecule has 158 valence electrons. The quantitative estimate of drug-likeness (QED) is 0.482. The lowest BCUT2D eigenvalue weighted by molar-refractivity contribution is 0.0771. The number of rotatable bonds is 6. The van der Waals surface area contributed by atoms with Gasteiger partial charge in [0.1, 0.15) is 11.5 Å². The predicted octanol–water partition coefficient (Wildman–Crippen LogP) is 3.67. The summed E-state index contributed by atoms with van der Waals surface area (Å²) in [5.74, 6) is 0.904. The minimum atomic E-state index is -0.171. The van der Waals surface area contributed by atoms with Gasteiger partial charge in [-0.3, -0.25) is 14.6 Å². The first kappa shape index (κ1) is 20.8. The molecule has 2 heterocycles. The van der Waals surface area contributed by atoms with Crippen molar-refractivity contribution in [2.24, 2.45) is 0 Å². The van der Waals surface area contributed by atoms with Crippen molar-refractivity contribution in [1.82, 2.24) is 15.2 Å². The van der Waals surface area contributed by atoms with Crippen LogP contribution in [0.3, 0.4) is 0 Å². The summed E-state index contributed by atoms with van der Waals surface area (Å²) in [6.07, 6.45) is 1.64. The first-order chi connectivity index (χ1) is 15.0. The molecule has 0 spiro atoms. The maximum Gasteiger partial charge on any atom is 0.263 e. The number of aromatic nitrogens is 1. The van der Waals surface area contributed by atoms with Crippen molar-refractivity contribution >= 4 is 44.1 Å². The molecule has 0 aliphatic carbocycles. The maximum absolute atomic E-state index is 12.6. The molecule has 0 fully saturated rings. The molecule has 2 aromatic carbocycles. The molecule has 0 aliphatic rings. The Hall–Kier alpha value is -3.49. The second kappa shape index (κ2) is 8.71. The Morgan fingerprint density at radius 3 is 2.81 bits per heavy atom. The summed E-state index contributed by atoms with van der Waals surface area (Å²) in [7, 11) is 3.25. The second-order valence-corrected chi connectivity index (χ2v) is 8.01. The molecule has 0 bridgehead atoms. The van der Waals surface area contributed by atoms with E-state index >= 15 is 0 Å². The van der Waals surface area contributed by atoms with Gasteiger partial charge in [-0.25, -0.2) is 0 Å². The molecule has 31 heavy (non-hydrogen) atoms. The fraction of sp³-hybridized carbons (Fsp3) is 0.174. The Balaban J connectivity index is 1.68. The van der Waals surface area contributed by atoms with Crippen molar-refractivity contribution in [2.75, 3.05) is 27.2 Å². The number of aliphatic hydroxyl groups is 1. The van der Waals surface area contributed by atoms with Crippen molar-refractivity contribution in [1.29, 1.82) is 0 Å². The van der Waals surface area contributed by atoms with E-state index in [-0.39, 0.29) is 25.0 Å². The zero-order valence-corrected chi connectivity index (χ0v) is 17.9. The molecule has 2 N–H and O–H groups in total. The number of fused-ring (bicyclic) bond motifs is 2. The van der Waals surface area contributed by atoms with Crippen LogP contribution in [0, 0.1) is 0 Å². The van der Waals surface area contributed by atoms with Gasteiger partial charge in [0, 0.05) is 38.5 Å². The molecule has 2 aromatic heterocycles. The number of hydrogen-bond acceptors (Lipinski definition) is 6. The molecule has 8 heteroatoms. The number of hydrogen-bond donors (Lipinski definition) is 2. The number of nitrogens with zero attached hydrogens (tertiary/aromatic N) is 2. The Bertz CT molecular complexity index is 1280. The molecule has 4 aromatic rings. The van der Waals surface area contributed by atoms with Crippen LogP contribution in [0.15, 0.2) is 54.7 Å². The summed E-state index contributed by atoms with van der Waals surface area (Å²) in [4.78, 5) is 31.0. The minimum absolute atomic E-state index is 0.0939. The molecule has 0 radical (unpaired) electrons. The minimum Gasteiger partial charge on any atom is -0.456 e. The number of thiophene rings is 1. The third kappa shape index (κ3) is 4.08. The van der Waals surface area contributed by atoms with Crippen LogP contribution in [0.4, 0.5) is 0 Å². The first-order valence-corrected chi connectivity index (χ1v) is 10.5. The highest BCUT2D eigenvalue weighted by Crippen LogP contribution is 2.36. The van der Waals surface area contributed by atoms with Gasteiger partial charge in [-0.1, -0.05) is 12.1 Å². The predicted molar refractivity (Wildman–Crippen MR) is 121 cm³/mol. The van der Waals surface area contributed by atoms with Crippen LogP contribution in [-0.4, -0.2) is 54.1 Å². The molecule has 0 aliphatic heterocycles. The van der Waals surface area contributed by atoms with Crippen molar-refractivity contribution in [2.45, 2.75) is 0 Å². The summed E-state index contributed by atoms with van der Waals surface area (Å²) in [6.45, 7) is 0.169. The number of nitrogens with one attached hydrogen (secondary N) is 1. The molecular formula is C23H21N3O4S. The van der Waals surface area contributed by atoms with E-state index < -0.39 is 0 Å². The van der Waals surface area contributed by atoms with Gasteiger partial charge in [-0.05, 0) is 41.1 Å². The number of ether oxygens (including phenoxy) is 1. The molecule has 0 saturated heterocycles. The smallest absolute Gasteiger partial charge is 0.263 e. The SMILES string of the molecule is CNC(=O)c1cccc2cc(Oc3ccnc4cc(C(=O)N(C)CCO)sc34)ccc12. The van der Waals surface area contributed by atoms with Crippen molar-refractivity contribution < 1.29 is 19.4 Å². The lowest BCUT2D eigenvalue weighted by Gasteiger charge is -2.13. The van der Waals surface area contributed by atoms with E-state index in [1.54, 1.807) is 38.5 Å². The largest absolute Gasteiger partial charge is 0.456 e. The Kier molecular flexibility index (Phi) is 5.83. The van der Waals surface area contributed by atoms with E-state index in [4.69, 9.17) is 9.84 Å². The third-order valence-corrected chi connectivity index (χ3v) is 6.05. The Morgan fingerprint density at radius 1 is 1.19 bits per heavy atom. The third-order valence-electron chi connectivity index (χ3n) is 4.92. The van der Waals surface area contributed by atoms with E-state index in [9.17, 15) is 9.59 Å². The monoisotopic (exact) mass is 435 g/mol. The lowest BCUT2D eigenvalue weighted by Crippen LogP contribution is -2.28. The Labute approximate surface area is 182 Å². The van der Waals surface area contributed by atoms with Crippen molar-refractivity contribution in [3.05, 3.63) is 65.2 Å². The number of carbonyl (C=O) groups is 2. The summed E-state index contributed by atoms with van der Waals surface area (Å²) in [5.41, 5.74) is 1.28. The zero-order chi connectivity index (χ0) is 22.0. The van der Waals surface area contributed by atoms with E-state index in [2.05, 4.69) is 10.3 Å².